The third-order valence-electron chi connectivity index (χ3n) is 2.61. The first-order chi connectivity index (χ1) is 8.18. The van der Waals surface area contributed by atoms with Crippen LogP contribution in [0, 0.1) is 6.92 Å². The summed E-state index contributed by atoms with van der Waals surface area (Å²) in [5.41, 5.74) is 8.71. The highest BCUT2D eigenvalue weighted by Gasteiger charge is 2.20. The van der Waals surface area contributed by atoms with Crippen LogP contribution in [0.5, 0.6) is 0 Å². The fourth-order valence-corrected chi connectivity index (χ4v) is 3.74. The van der Waals surface area contributed by atoms with Crippen LogP contribution in [0.1, 0.15) is 23.3 Å². The van der Waals surface area contributed by atoms with Gasteiger partial charge < -0.3 is 5.73 Å². The van der Waals surface area contributed by atoms with E-state index in [1.807, 2.05) is 11.6 Å². The molecule has 0 bridgehead atoms. The number of nitrogens with zero attached hydrogens (tertiary/aromatic N) is 1. The number of thiazole rings is 1. The second kappa shape index (κ2) is 5.67. The van der Waals surface area contributed by atoms with Crippen LogP contribution in [0.15, 0.2) is 40.2 Å². The van der Waals surface area contributed by atoms with Gasteiger partial charge in [0.1, 0.15) is 4.34 Å². The molecule has 0 aliphatic heterocycles. The molecule has 0 spiro atoms. The molecule has 90 valence electrons. The molecular weight excluding hydrogens is 248 g/mol. The number of benzene rings is 1. The quantitative estimate of drug-likeness (QED) is 0.857. The lowest BCUT2D eigenvalue weighted by molar-refractivity contribution is 0.718. The Morgan fingerprint density at radius 2 is 2.12 bits per heavy atom. The smallest absolute Gasteiger partial charge is 0.150 e. The van der Waals surface area contributed by atoms with Gasteiger partial charge in [0.15, 0.2) is 0 Å². The molecule has 1 aromatic carbocycles. The zero-order chi connectivity index (χ0) is 12.3. The minimum absolute atomic E-state index is 0.102. The molecular formula is C13H16N2S2. The van der Waals surface area contributed by atoms with Crippen molar-refractivity contribution < 1.29 is 0 Å². The summed E-state index contributed by atoms with van der Waals surface area (Å²) >= 11 is 3.42. The highest BCUT2D eigenvalue weighted by atomic mass is 32.2. The van der Waals surface area contributed by atoms with Crippen molar-refractivity contribution >= 4 is 23.1 Å². The summed E-state index contributed by atoms with van der Waals surface area (Å²) in [5, 5.41) is 2.26. The summed E-state index contributed by atoms with van der Waals surface area (Å²) in [6.07, 6.45) is 1.84. The van der Waals surface area contributed by atoms with Crippen molar-refractivity contribution in [2.24, 2.45) is 5.73 Å². The van der Waals surface area contributed by atoms with Crippen molar-refractivity contribution in [1.29, 1.82) is 0 Å². The topological polar surface area (TPSA) is 38.9 Å². The molecule has 2 rings (SSSR count). The van der Waals surface area contributed by atoms with Gasteiger partial charge in [-0.1, -0.05) is 36.0 Å². The van der Waals surface area contributed by atoms with Crippen LogP contribution in [0.2, 0.25) is 0 Å². The van der Waals surface area contributed by atoms with E-state index in [1.165, 1.54) is 11.1 Å². The van der Waals surface area contributed by atoms with E-state index in [4.69, 9.17) is 5.73 Å². The number of nitrogens with two attached hydrogens (primary N) is 1. The van der Waals surface area contributed by atoms with Gasteiger partial charge in [0.05, 0.1) is 5.25 Å². The number of rotatable bonds is 4. The van der Waals surface area contributed by atoms with Gasteiger partial charge in [0, 0.05) is 17.6 Å². The monoisotopic (exact) mass is 264 g/mol. The summed E-state index contributed by atoms with van der Waals surface area (Å²) in [5.74, 6) is 0. The standard InChI is InChI=1S/C13H16N2S2/c1-9-5-3-4-6-11(9)12(10(2)14)17-13-15-7-8-16-13/h3-8,10,12H,14H2,1-2H3. The lowest BCUT2D eigenvalue weighted by atomic mass is 10.0. The van der Waals surface area contributed by atoms with Crippen LogP contribution >= 0.6 is 23.1 Å². The Bertz CT molecular complexity index is 466. The first-order valence-corrected chi connectivity index (χ1v) is 7.31. The third-order valence-corrected chi connectivity index (χ3v) is 5.00. The molecule has 2 nitrogen and oxygen atoms in total. The van der Waals surface area contributed by atoms with Gasteiger partial charge in [-0.3, -0.25) is 0 Å². The molecule has 2 unspecified atom stereocenters. The summed E-state index contributed by atoms with van der Waals surface area (Å²) in [4.78, 5) is 4.32. The van der Waals surface area contributed by atoms with E-state index in [0.29, 0.717) is 0 Å². The van der Waals surface area contributed by atoms with Gasteiger partial charge in [-0.2, -0.15) is 0 Å². The van der Waals surface area contributed by atoms with E-state index in [2.05, 4.69) is 43.1 Å². The number of aryl methyl sites for hydroxylation is 1. The van der Waals surface area contributed by atoms with E-state index in [9.17, 15) is 0 Å². The lowest BCUT2D eigenvalue weighted by Crippen LogP contribution is -2.23. The Morgan fingerprint density at radius 1 is 1.35 bits per heavy atom. The summed E-state index contributed by atoms with van der Waals surface area (Å²) in [6, 6.07) is 8.52. The molecule has 1 aromatic heterocycles. The predicted molar refractivity (Wildman–Crippen MR) is 75.5 cm³/mol. The molecule has 0 amide bonds. The Balaban J connectivity index is 2.27. The van der Waals surface area contributed by atoms with Crippen molar-refractivity contribution in [2.75, 3.05) is 0 Å². The SMILES string of the molecule is Cc1ccccc1C(Sc1nccs1)C(C)N. The van der Waals surface area contributed by atoms with Crippen LogP contribution < -0.4 is 5.73 Å². The largest absolute Gasteiger partial charge is 0.327 e. The van der Waals surface area contributed by atoms with E-state index < -0.39 is 0 Å². The number of aromatic nitrogens is 1. The first kappa shape index (κ1) is 12.6. The van der Waals surface area contributed by atoms with Crippen molar-refractivity contribution in [3.8, 4) is 0 Å². The number of hydrogen-bond donors (Lipinski definition) is 1. The second-order valence-corrected chi connectivity index (χ2v) is 6.34. The fraction of sp³-hybridized carbons (Fsp3) is 0.308. The predicted octanol–water partition coefficient (Wildman–Crippen LogP) is 3.63. The van der Waals surface area contributed by atoms with E-state index >= 15 is 0 Å². The normalized spacial score (nSPS) is 14.5. The second-order valence-electron chi connectivity index (χ2n) is 4.05. The molecule has 0 saturated carbocycles. The van der Waals surface area contributed by atoms with E-state index in [-0.39, 0.29) is 11.3 Å². The first-order valence-electron chi connectivity index (χ1n) is 5.55. The van der Waals surface area contributed by atoms with Crippen LogP contribution in [0.25, 0.3) is 0 Å². The van der Waals surface area contributed by atoms with Gasteiger partial charge >= 0.3 is 0 Å². The van der Waals surface area contributed by atoms with Crippen molar-refractivity contribution in [1.82, 2.24) is 4.98 Å². The fourth-order valence-electron chi connectivity index (χ4n) is 1.74. The summed E-state index contributed by atoms with van der Waals surface area (Å²) in [6.45, 7) is 4.19. The molecule has 1 heterocycles. The van der Waals surface area contributed by atoms with Gasteiger partial charge in [-0.25, -0.2) is 4.98 Å². The Hall–Kier alpha value is -0.840. The van der Waals surface area contributed by atoms with Crippen molar-refractivity contribution in [2.45, 2.75) is 29.5 Å². The van der Waals surface area contributed by atoms with Gasteiger partial charge in [-0.05, 0) is 25.0 Å². The zero-order valence-corrected chi connectivity index (χ0v) is 11.6. The molecule has 2 aromatic rings. The molecule has 0 fully saturated rings. The van der Waals surface area contributed by atoms with Gasteiger partial charge in [0.2, 0.25) is 0 Å². The highest BCUT2D eigenvalue weighted by Crippen LogP contribution is 2.39. The molecule has 2 N–H and O–H groups in total. The maximum absolute atomic E-state index is 6.11. The average Bonchev–Trinajstić information content (AvgIpc) is 2.79. The molecule has 0 aliphatic rings. The van der Waals surface area contributed by atoms with Crippen LogP contribution in [-0.2, 0) is 0 Å². The van der Waals surface area contributed by atoms with Gasteiger partial charge in [-0.15, -0.1) is 11.3 Å². The molecule has 17 heavy (non-hydrogen) atoms. The highest BCUT2D eigenvalue weighted by molar-refractivity contribution is 8.01. The third kappa shape index (κ3) is 3.09. The van der Waals surface area contributed by atoms with Crippen LogP contribution in [-0.4, -0.2) is 11.0 Å². The maximum atomic E-state index is 6.11. The maximum Gasteiger partial charge on any atom is 0.150 e. The minimum atomic E-state index is 0.102. The Labute approximate surface area is 110 Å². The summed E-state index contributed by atoms with van der Waals surface area (Å²) in [7, 11) is 0. The Kier molecular flexibility index (Phi) is 4.20. The minimum Gasteiger partial charge on any atom is -0.327 e. The lowest BCUT2D eigenvalue weighted by Gasteiger charge is -2.21. The Morgan fingerprint density at radius 3 is 2.71 bits per heavy atom. The van der Waals surface area contributed by atoms with E-state index in [0.717, 1.165) is 4.34 Å². The number of thioether (sulfide) groups is 1. The summed E-state index contributed by atoms with van der Waals surface area (Å²) < 4.78 is 1.08. The molecule has 2 atom stereocenters. The zero-order valence-electron chi connectivity index (χ0n) is 9.96. The molecule has 4 heteroatoms. The molecule has 0 aliphatic carbocycles. The van der Waals surface area contributed by atoms with Crippen LogP contribution in [0.4, 0.5) is 0 Å². The number of hydrogen-bond acceptors (Lipinski definition) is 4. The molecule has 0 saturated heterocycles. The van der Waals surface area contributed by atoms with Crippen molar-refractivity contribution in [3.63, 3.8) is 0 Å². The van der Waals surface area contributed by atoms with E-state index in [1.54, 1.807) is 23.1 Å². The van der Waals surface area contributed by atoms with Crippen LogP contribution in [0.3, 0.4) is 0 Å². The van der Waals surface area contributed by atoms with Crippen molar-refractivity contribution in [3.05, 3.63) is 47.0 Å². The van der Waals surface area contributed by atoms with Gasteiger partial charge in [0.25, 0.3) is 0 Å². The average molecular weight is 264 g/mol. The molecule has 0 radical (unpaired) electrons.